The number of nitrogens with one attached hydrogen (secondary N) is 2. The normalized spacial score (nSPS) is 23.9. The van der Waals surface area contributed by atoms with E-state index in [-0.39, 0.29) is 30.6 Å². The molecule has 0 bridgehead atoms. The van der Waals surface area contributed by atoms with Gasteiger partial charge in [-0.05, 0) is 34.9 Å². The molecule has 3 aliphatic rings. The smallest absolute Gasteiger partial charge is 0.231 e. The van der Waals surface area contributed by atoms with Gasteiger partial charge in [0.05, 0.1) is 12.1 Å². The minimum atomic E-state index is -0.214. The fourth-order valence-corrected chi connectivity index (χ4v) is 4.88. The zero-order valence-electron chi connectivity index (χ0n) is 16.3. The molecule has 152 valence electrons. The summed E-state index contributed by atoms with van der Waals surface area (Å²) in [6.45, 7) is 1.94. The number of fused-ring (bicyclic) bond motifs is 4. The molecule has 0 aromatic heterocycles. The second kappa shape index (κ2) is 7.00. The second-order valence-electron chi connectivity index (χ2n) is 8.09. The third-order valence-corrected chi connectivity index (χ3v) is 6.32. The topological polar surface area (TPSA) is 45.8 Å². The number of anilines is 1. The Labute approximate surface area is 174 Å². The van der Waals surface area contributed by atoms with Crippen LogP contribution in [0.2, 0.25) is 0 Å². The molecule has 3 heterocycles. The van der Waals surface area contributed by atoms with E-state index < -0.39 is 0 Å². The quantitative estimate of drug-likeness (QED) is 0.690. The van der Waals surface area contributed by atoms with E-state index in [0.29, 0.717) is 0 Å². The molecule has 3 aliphatic heterocycles. The SMILES string of the molecule is Fc1ccc(C2NNC3c4cc5c(cc4N(Cc4ccccc4)CC23)OCO5)cc1. The van der Waals surface area contributed by atoms with Gasteiger partial charge in [0.15, 0.2) is 11.5 Å². The van der Waals surface area contributed by atoms with Crippen molar-refractivity contribution in [2.24, 2.45) is 5.92 Å². The van der Waals surface area contributed by atoms with Crippen molar-refractivity contribution in [2.45, 2.75) is 18.6 Å². The summed E-state index contributed by atoms with van der Waals surface area (Å²) in [6, 6.07) is 21.7. The largest absolute Gasteiger partial charge is 0.454 e. The highest BCUT2D eigenvalue weighted by Gasteiger charge is 2.44. The van der Waals surface area contributed by atoms with E-state index in [2.05, 4.69) is 52.1 Å². The van der Waals surface area contributed by atoms with Crippen LogP contribution in [-0.4, -0.2) is 13.3 Å². The van der Waals surface area contributed by atoms with E-state index in [0.717, 1.165) is 30.2 Å². The van der Waals surface area contributed by atoms with Crippen molar-refractivity contribution in [1.82, 2.24) is 10.9 Å². The van der Waals surface area contributed by atoms with Crippen LogP contribution in [0.15, 0.2) is 66.7 Å². The van der Waals surface area contributed by atoms with E-state index >= 15 is 0 Å². The minimum Gasteiger partial charge on any atom is -0.454 e. The third-order valence-electron chi connectivity index (χ3n) is 6.32. The fourth-order valence-electron chi connectivity index (χ4n) is 4.88. The number of nitrogens with zero attached hydrogens (tertiary/aromatic N) is 1. The molecule has 3 aromatic rings. The monoisotopic (exact) mass is 403 g/mol. The molecular weight excluding hydrogens is 381 g/mol. The van der Waals surface area contributed by atoms with Crippen LogP contribution in [0.3, 0.4) is 0 Å². The van der Waals surface area contributed by atoms with E-state index in [4.69, 9.17) is 9.47 Å². The van der Waals surface area contributed by atoms with Crippen LogP contribution >= 0.6 is 0 Å². The highest BCUT2D eigenvalue weighted by molar-refractivity contribution is 5.66. The summed E-state index contributed by atoms with van der Waals surface area (Å²) in [5, 5.41) is 0. The maximum atomic E-state index is 13.5. The summed E-state index contributed by atoms with van der Waals surface area (Å²) in [5.41, 5.74) is 11.7. The average Bonchev–Trinajstić information content (AvgIpc) is 3.40. The molecule has 3 aromatic carbocycles. The van der Waals surface area contributed by atoms with Crippen molar-refractivity contribution in [2.75, 3.05) is 18.2 Å². The lowest BCUT2D eigenvalue weighted by atomic mass is 9.81. The highest BCUT2D eigenvalue weighted by atomic mass is 19.1. The van der Waals surface area contributed by atoms with Gasteiger partial charge in [0.25, 0.3) is 0 Å². The minimum absolute atomic E-state index is 0.0902. The maximum absolute atomic E-state index is 13.5. The second-order valence-corrected chi connectivity index (χ2v) is 8.09. The summed E-state index contributed by atoms with van der Waals surface area (Å²) < 4.78 is 24.8. The number of ether oxygens (including phenoxy) is 2. The molecule has 6 rings (SSSR count). The first-order valence-electron chi connectivity index (χ1n) is 10.3. The first-order valence-corrected chi connectivity index (χ1v) is 10.3. The van der Waals surface area contributed by atoms with Gasteiger partial charge in [-0.1, -0.05) is 42.5 Å². The predicted octanol–water partition coefficient (Wildman–Crippen LogP) is 4.08. The molecule has 2 N–H and O–H groups in total. The molecule has 0 amide bonds. The van der Waals surface area contributed by atoms with Gasteiger partial charge in [-0.3, -0.25) is 0 Å². The van der Waals surface area contributed by atoms with E-state index in [1.807, 2.05) is 18.2 Å². The van der Waals surface area contributed by atoms with Crippen molar-refractivity contribution in [3.63, 3.8) is 0 Å². The maximum Gasteiger partial charge on any atom is 0.231 e. The van der Waals surface area contributed by atoms with Crippen LogP contribution in [-0.2, 0) is 6.54 Å². The summed E-state index contributed by atoms with van der Waals surface area (Å²) >= 11 is 0. The Hall–Kier alpha value is -3.09. The van der Waals surface area contributed by atoms with Gasteiger partial charge >= 0.3 is 0 Å². The van der Waals surface area contributed by atoms with Crippen LogP contribution in [0.4, 0.5) is 10.1 Å². The Morgan fingerprint density at radius 2 is 1.63 bits per heavy atom. The lowest BCUT2D eigenvalue weighted by Crippen LogP contribution is -2.39. The average molecular weight is 403 g/mol. The van der Waals surface area contributed by atoms with Crippen LogP contribution in [0.25, 0.3) is 0 Å². The Morgan fingerprint density at radius 3 is 2.43 bits per heavy atom. The number of hydrazine groups is 1. The molecule has 5 nitrogen and oxygen atoms in total. The Morgan fingerprint density at radius 1 is 0.900 bits per heavy atom. The summed E-state index contributed by atoms with van der Waals surface area (Å²) in [4.78, 5) is 2.42. The summed E-state index contributed by atoms with van der Waals surface area (Å²) in [6.07, 6.45) is 0. The number of rotatable bonds is 3. The molecule has 0 saturated carbocycles. The molecule has 0 aliphatic carbocycles. The van der Waals surface area contributed by atoms with Gasteiger partial charge in [-0.15, -0.1) is 0 Å². The standard InChI is InChI=1S/C24H22FN3O2/c25-17-8-6-16(7-9-17)23-19-13-28(12-15-4-2-1-3-5-15)20-11-22-21(29-14-30-22)10-18(20)24(19)27-26-23/h1-11,19,23-24,26-27H,12-14H2. The van der Waals surface area contributed by atoms with Crippen LogP contribution in [0, 0.1) is 11.7 Å². The highest BCUT2D eigenvalue weighted by Crippen LogP contribution is 2.49. The Kier molecular flexibility index (Phi) is 4.14. The molecule has 30 heavy (non-hydrogen) atoms. The molecular formula is C24H22FN3O2. The van der Waals surface area contributed by atoms with Gasteiger partial charge in [0.2, 0.25) is 6.79 Å². The van der Waals surface area contributed by atoms with Gasteiger partial charge in [-0.2, -0.15) is 0 Å². The van der Waals surface area contributed by atoms with Crippen LogP contribution in [0.5, 0.6) is 11.5 Å². The van der Waals surface area contributed by atoms with Crippen LogP contribution < -0.4 is 25.2 Å². The summed E-state index contributed by atoms with van der Waals surface area (Å²) in [7, 11) is 0. The number of halogens is 1. The number of benzene rings is 3. The van der Waals surface area contributed by atoms with Gasteiger partial charge in [0.1, 0.15) is 5.82 Å². The molecule has 1 fully saturated rings. The van der Waals surface area contributed by atoms with Crippen molar-refractivity contribution in [3.8, 4) is 11.5 Å². The molecule has 3 atom stereocenters. The lowest BCUT2D eigenvalue weighted by Gasteiger charge is -2.39. The zero-order valence-corrected chi connectivity index (χ0v) is 16.3. The number of hydrogen-bond acceptors (Lipinski definition) is 5. The van der Waals surface area contributed by atoms with Gasteiger partial charge in [0, 0.05) is 30.8 Å². The lowest BCUT2D eigenvalue weighted by molar-refractivity contribution is 0.174. The molecule has 6 heteroatoms. The van der Waals surface area contributed by atoms with E-state index in [1.54, 1.807) is 0 Å². The first-order chi connectivity index (χ1) is 14.8. The molecule has 3 unspecified atom stereocenters. The van der Waals surface area contributed by atoms with Gasteiger partial charge in [-0.25, -0.2) is 15.2 Å². The zero-order chi connectivity index (χ0) is 20.1. The summed E-state index contributed by atoms with van der Waals surface area (Å²) in [5.74, 6) is 1.66. The first kappa shape index (κ1) is 17.7. The van der Waals surface area contributed by atoms with Crippen molar-refractivity contribution < 1.29 is 13.9 Å². The van der Waals surface area contributed by atoms with Gasteiger partial charge < -0.3 is 14.4 Å². The third kappa shape index (κ3) is 2.91. The fraction of sp³-hybridized carbons (Fsp3) is 0.250. The Bertz CT molecular complexity index is 1070. The number of hydrogen-bond donors (Lipinski definition) is 2. The van der Waals surface area contributed by atoms with Crippen molar-refractivity contribution in [1.29, 1.82) is 0 Å². The molecule has 1 saturated heterocycles. The van der Waals surface area contributed by atoms with Crippen molar-refractivity contribution in [3.05, 3.63) is 89.2 Å². The predicted molar refractivity (Wildman–Crippen MR) is 112 cm³/mol. The van der Waals surface area contributed by atoms with Crippen molar-refractivity contribution >= 4 is 5.69 Å². The van der Waals surface area contributed by atoms with E-state index in [9.17, 15) is 4.39 Å². The molecule has 0 spiro atoms. The Balaban J connectivity index is 1.40. The molecule has 0 radical (unpaired) electrons. The van der Waals surface area contributed by atoms with E-state index in [1.165, 1.54) is 28.9 Å². The van der Waals surface area contributed by atoms with Crippen LogP contribution in [0.1, 0.15) is 28.8 Å².